The Bertz CT molecular complexity index is 100. The van der Waals surface area contributed by atoms with Gasteiger partial charge in [-0.3, -0.25) is 9.11 Å². The van der Waals surface area contributed by atoms with E-state index >= 15 is 0 Å². The van der Waals surface area contributed by atoms with Gasteiger partial charge in [0, 0.05) is 30.7 Å². The van der Waals surface area contributed by atoms with Crippen molar-refractivity contribution < 1.29 is 85.6 Å². The first-order valence-corrected chi connectivity index (χ1v) is 3.10. The molecule has 3 nitrogen and oxygen atoms in total. The SMILES string of the molecule is O=S(O)(O)=S.[H-].[K+].[Zn]. The van der Waals surface area contributed by atoms with E-state index in [1.165, 1.54) is 0 Å². The average molecular weight is 220 g/mol. The van der Waals surface area contributed by atoms with Crippen molar-refractivity contribution in [3.8, 4) is 0 Å². The standard InChI is InChI=1S/K.H2O3S2.Zn.H/c;1-5(2,3)4;;/h;(H2,1,2,3,4);;/q+1;;;-1. The third kappa shape index (κ3) is 56.4. The third-order valence-electron chi connectivity index (χ3n) is 0. The van der Waals surface area contributed by atoms with Gasteiger partial charge in [0.2, 0.25) is 0 Å². The maximum absolute atomic E-state index is 9.11. The zero-order valence-corrected chi connectivity index (χ0v) is 11.5. The monoisotopic (exact) mass is 218 g/mol. The van der Waals surface area contributed by atoms with Crippen LogP contribution in [-0.2, 0) is 39.7 Å². The van der Waals surface area contributed by atoms with Crippen molar-refractivity contribution in [3.05, 3.63) is 0 Å². The molecule has 0 aliphatic carbocycles. The fraction of sp³-hybridized carbons (Fsp3) is 0. The maximum atomic E-state index is 9.11. The van der Waals surface area contributed by atoms with Crippen LogP contribution in [0.1, 0.15) is 1.43 Å². The molecule has 0 atom stereocenters. The summed E-state index contributed by atoms with van der Waals surface area (Å²) in [6, 6.07) is 0. The molecule has 0 aliphatic rings. The van der Waals surface area contributed by atoms with Crippen LogP contribution in [0.4, 0.5) is 0 Å². The number of rotatable bonds is 0. The summed E-state index contributed by atoms with van der Waals surface area (Å²) >= 11 is 3.47. The molecule has 0 heterocycles. The molecule has 0 bridgehead atoms. The van der Waals surface area contributed by atoms with E-state index in [9.17, 15) is 0 Å². The Labute approximate surface area is 104 Å². The summed E-state index contributed by atoms with van der Waals surface area (Å²) in [6.45, 7) is 0. The minimum absolute atomic E-state index is 0. The predicted molar refractivity (Wildman–Crippen MR) is 21.9 cm³/mol. The Morgan fingerprint density at radius 2 is 1.57 bits per heavy atom. The molecule has 0 spiro atoms. The van der Waals surface area contributed by atoms with Crippen molar-refractivity contribution in [1.82, 2.24) is 0 Å². The molecule has 2 N–H and O–H groups in total. The molecule has 0 amide bonds. The Balaban J connectivity index is -0.0000000267. The molecule has 0 aromatic carbocycles. The van der Waals surface area contributed by atoms with Gasteiger partial charge in [-0.25, -0.2) is 0 Å². The third-order valence-corrected chi connectivity index (χ3v) is 0. The first kappa shape index (κ1) is 16.3. The topological polar surface area (TPSA) is 57.5 Å². The van der Waals surface area contributed by atoms with Crippen molar-refractivity contribution in [2.45, 2.75) is 0 Å². The molecule has 0 aromatic heterocycles. The van der Waals surface area contributed by atoms with Crippen LogP contribution in [0.25, 0.3) is 0 Å². The van der Waals surface area contributed by atoms with Gasteiger partial charge in [-0.2, -0.15) is 4.21 Å². The van der Waals surface area contributed by atoms with Gasteiger partial charge in [-0.15, -0.1) is 0 Å². The molecule has 0 rings (SSSR count). The fourth-order valence-corrected chi connectivity index (χ4v) is 0. The molecule has 0 unspecified atom stereocenters. The minimum atomic E-state index is -3.83. The molecule has 0 aliphatic heterocycles. The zero-order chi connectivity index (χ0) is 4.50. The minimum Gasteiger partial charge on any atom is -1.00 e. The van der Waals surface area contributed by atoms with Crippen molar-refractivity contribution in [1.29, 1.82) is 0 Å². The molecule has 0 radical (unpaired) electrons. The van der Waals surface area contributed by atoms with Crippen molar-refractivity contribution in [3.63, 3.8) is 0 Å². The van der Waals surface area contributed by atoms with Gasteiger partial charge in [-0.1, -0.05) is 0 Å². The van der Waals surface area contributed by atoms with Gasteiger partial charge >= 0.3 is 51.4 Å². The summed E-state index contributed by atoms with van der Waals surface area (Å²) in [5.74, 6) is 0. The Morgan fingerprint density at radius 1 is 1.57 bits per heavy atom. The van der Waals surface area contributed by atoms with Crippen LogP contribution in [0, 0.1) is 0 Å². The molecule has 7 heavy (non-hydrogen) atoms. The largest absolute Gasteiger partial charge is 1.00 e. The fourth-order valence-electron chi connectivity index (χ4n) is 0. The first-order valence-electron chi connectivity index (χ1n) is 0.698. The van der Waals surface area contributed by atoms with Crippen LogP contribution in [-0.4, -0.2) is 13.3 Å². The van der Waals surface area contributed by atoms with E-state index in [1.807, 2.05) is 0 Å². The summed E-state index contributed by atoms with van der Waals surface area (Å²) in [4.78, 5) is 0. The van der Waals surface area contributed by atoms with E-state index in [0.29, 0.717) is 0 Å². The van der Waals surface area contributed by atoms with E-state index in [4.69, 9.17) is 13.3 Å². The molecule has 36 valence electrons. The smallest absolute Gasteiger partial charge is 1.00 e. The molecule has 0 fully saturated rings. The van der Waals surface area contributed by atoms with Gasteiger partial charge in [0.25, 0.3) is 9.05 Å². The normalized spacial score (nSPS) is 8.29. The van der Waals surface area contributed by atoms with Crippen LogP contribution in [0.3, 0.4) is 0 Å². The van der Waals surface area contributed by atoms with Crippen LogP contribution in [0.15, 0.2) is 0 Å². The molecular formula is H3KO3S2Zn. The second-order valence-corrected chi connectivity index (χ2v) is 2.65. The Morgan fingerprint density at radius 3 is 1.57 bits per heavy atom. The van der Waals surface area contributed by atoms with E-state index in [1.54, 1.807) is 0 Å². The van der Waals surface area contributed by atoms with Gasteiger partial charge in [0.1, 0.15) is 0 Å². The quantitative estimate of drug-likeness (QED) is 0.422. The molecule has 7 heteroatoms. The summed E-state index contributed by atoms with van der Waals surface area (Å²) in [7, 11) is -3.83. The van der Waals surface area contributed by atoms with E-state index < -0.39 is 9.05 Å². The summed E-state index contributed by atoms with van der Waals surface area (Å²) in [6.07, 6.45) is 0. The van der Waals surface area contributed by atoms with Crippen LogP contribution < -0.4 is 51.4 Å². The molecular weight excluding hydrogens is 217 g/mol. The average Bonchev–Trinajstić information content (AvgIpc) is 0.722. The zero-order valence-electron chi connectivity index (χ0n) is 4.83. The number of hydrogen-bond donors (Lipinski definition) is 2. The number of hydrogen-bond acceptors (Lipinski definition) is 2. The van der Waals surface area contributed by atoms with Crippen molar-refractivity contribution in [2.75, 3.05) is 0 Å². The predicted octanol–water partition coefficient (Wildman–Crippen LogP) is -3.21. The van der Waals surface area contributed by atoms with Gasteiger partial charge in [-0.05, 0) is 0 Å². The van der Waals surface area contributed by atoms with Gasteiger partial charge in [0.15, 0.2) is 0 Å². The van der Waals surface area contributed by atoms with Crippen molar-refractivity contribution in [2.24, 2.45) is 0 Å². The Kier molecular flexibility index (Phi) is 15.5. The van der Waals surface area contributed by atoms with E-state index in [0.717, 1.165) is 0 Å². The van der Waals surface area contributed by atoms with Crippen LogP contribution in [0.2, 0.25) is 0 Å². The summed E-state index contributed by atoms with van der Waals surface area (Å²) in [5.41, 5.74) is 0. The molecule has 0 saturated carbocycles. The van der Waals surface area contributed by atoms with Crippen molar-refractivity contribution >= 4 is 20.2 Å². The van der Waals surface area contributed by atoms with E-state index in [2.05, 4.69) is 11.2 Å². The van der Waals surface area contributed by atoms with Crippen LogP contribution in [0.5, 0.6) is 0 Å². The van der Waals surface area contributed by atoms with Crippen LogP contribution >= 0.6 is 0 Å². The summed E-state index contributed by atoms with van der Waals surface area (Å²) < 4.78 is 24.0. The Hall–Kier alpha value is 2.55. The van der Waals surface area contributed by atoms with Gasteiger partial charge in [0.05, 0.1) is 0 Å². The first-order chi connectivity index (χ1) is 2.00. The molecule has 0 aromatic rings. The van der Waals surface area contributed by atoms with Gasteiger partial charge < -0.3 is 1.43 Å². The van der Waals surface area contributed by atoms with E-state index in [-0.39, 0.29) is 72.3 Å². The summed E-state index contributed by atoms with van der Waals surface area (Å²) in [5, 5.41) is 0. The maximum Gasteiger partial charge on any atom is 1.00 e. The second-order valence-electron chi connectivity index (χ2n) is 0.448. The second kappa shape index (κ2) is 6.67. The molecule has 0 saturated heterocycles.